The molecule has 0 radical (unpaired) electrons. The largest absolute Gasteiger partial charge is 0.381 e. The first-order valence-corrected chi connectivity index (χ1v) is 8.41. The minimum Gasteiger partial charge on any atom is -0.381 e. The average Bonchev–Trinajstić information content (AvgIpc) is 3.26. The third kappa shape index (κ3) is 7.92. The van der Waals surface area contributed by atoms with Crippen LogP contribution >= 0.6 is 47.2 Å². The highest BCUT2D eigenvalue weighted by Gasteiger charge is 2.20. The van der Waals surface area contributed by atoms with Gasteiger partial charge in [0.05, 0.1) is 6.04 Å². The van der Waals surface area contributed by atoms with Crippen molar-refractivity contribution in [3.05, 3.63) is 33.8 Å². The Morgan fingerprint density at radius 1 is 1.43 bits per heavy atom. The molecule has 0 aromatic heterocycles. The molecule has 1 aliphatic carbocycles. The number of hydrogen-bond acceptors (Lipinski definition) is 2. The van der Waals surface area contributed by atoms with E-state index in [1.165, 1.54) is 12.8 Å². The van der Waals surface area contributed by atoms with Crippen molar-refractivity contribution >= 4 is 53.1 Å². The van der Waals surface area contributed by atoms with Crippen molar-refractivity contribution in [3.63, 3.8) is 0 Å². The Hall–Kier alpha value is -0.240. The second-order valence-electron chi connectivity index (χ2n) is 5.67. The predicted octanol–water partition coefficient (Wildman–Crippen LogP) is 4.39. The number of benzene rings is 1. The van der Waals surface area contributed by atoms with E-state index >= 15 is 0 Å². The van der Waals surface area contributed by atoms with Crippen molar-refractivity contribution < 1.29 is 4.74 Å². The number of hydrogen-bond donors (Lipinski definition) is 2. The maximum absolute atomic E-state index is 6.18. The fraction of sp³-hybridized carbons (Fsp3) is 0.562. The number of nitrogens with zero attached hydrogens (tertiary/aromatic N) is 1. The first-order chi connectivity index (χ1) is 10.6. The van der Waals surface area contributed by atoms with Crippen LogP contribution < -0.4 is 11.1 Å². The summed E-state index contributed by atoms with van der Waals surface area (Å²) in [5.74, 6) is 1.22. The molecule has 130 valence electrons. The zero-order valence-corrected chi connectivity index (χ0v) is 17.1. The van der Waals surface area contributed by atoms with Gasteiger partial charge in [0.25, 0.3) is 0 Å². The lowest BCUT2D eigenvalue weighted by molar-refractivity contribution is 0.123. The van der Waals surface area contributed by atoms with Crippen molar-refractivity contribution in [2.45, 2.75) is 32.2 Å². The molecule has 1 aliphatic rings. The number of nitrogens with one attached hydrogen (secondary N) is 1. The number of halogens is 3. The fourth-order valence-electron chi connectivity index (χ4n) is 2.10. The van der Waals surface area contributed by atoms with Gasteiger partial charge < -0.3 is 15.8 Å². The third-order valence-corrected chi connectivity index (χ3v) is 4.14. The van der Waals surface area contributed by atoms with E-state index in [-0.39, 0.29) is 30.0 Å². The Morgan fingerprint density at radius 3 is 2.83 bits per heavy atom. The smallest absolute Gasteiger partial charge is 0.189 e. The number of ether oxygens (including phenoxy) is 1. The monoisotopic (exact) mass is 471 g/mol. The summed E-state index contributed by atoms with van der Waals surface area (Å²) in [5, 5.41) is 4.37. The SMILES string of the molecule is CC(NC(N)=NCCCOCC1CC1)c1ccc(Cl)cc1Cl.I. The molecule has 1 aromatic carbocycles. The van der Waals surface area contributed by atoms with Crippen LogP contribution in [-0.2, 0) is 4.74 Å². The molecule has 0 heterocycles. The van der Waals surface area contributed by atoms with E-state index in [0.29, 0.717) is 22.5 Å². The van der Waals surface area contributed by atoms with E-state index in [1.807, 2.05) is 19.1 Å². The van der Waals surface area contributed by atoms with Gasteiger partial charge in [0.1, 0.15) is 0 Å². The lowest BCUT2D eigenvalue weighted by Crippen LogP contribution is -2.34. The Bertz CT molecular complexity index is 524. The molecule has 3 N–H and O–H groups in total. The summed E-state index contributed by atoms with van der Waals surface area (Å²) in [6.45, 7) is 4.27. The minimum atomic E-state index is -0.0281. The van der Waals surface area contributed by atoms with Crippen molar-refractivity contribution in [1.29, 1.82) is 0 Å². The van der Waals surface area contributed by atoms with E-state index in [2.05, 4.69) is 10.3 Å². The van der Waals surface area contributed by atoms with Gasteiger partial charge in [-0.3, -0.25) is 4.99 Å². The zero-order chi connectivity index (χ0) is 15.9. The van der Waals surface area contributed by atoms with Gasteiger partial charge >= 0.3 is 0 Å². The van der Waals surface area contributed by atoms with Crippen LogP contribution in [0.4, 0.5) is 0 Å². The highest BCUT2D eigenvalue weighted by atomic mass is 127. The maximum Gasteiger partial charge on any atom is 0.189 e. The maximum atomic E-state index is 6.18. The lowest BCUT2D eigenvalue weighted by atomic mass is 10.1. The second-order valence-corrected chi connectivity index (χ2v) is 6.51. The first kappa shape index (κ1) is 20.8. The normalized spacial score (nSPS) is 15.9. The van der Waals surface area contributed by atoms with Gasteiger partial charge in [-0.25, -0.2) is 0 Å². The molecule has 2 rings (SSSR count). The van der Waals surface area contributed by atoms with E-state index in [9.17, 15) is 0 Å². The van der Waals surface area contributed by atoms with Crippen molar-refractivity contribution in [1.82, 2.24) is 5.32 Å². The van der Waals surface area contributed by atoms with Crippen LogP contribution in [0.15, 0.2) is 23.2 Å². The quantitative estimate of drug-likeness (QED) is 0.256. The molecule has 23 heavy (non-hydrogen) atoms. The molecule has 0 spiro atoms. The Kier molecular flexibility index (Phi) is 9.58. The fourth-order valence-corrected chi connectivity index (χ4v) is 2.67. The van der Waals surface area contributed by atoms with Crippen LogP contribution in [0.2, 0.25) is 10.0 Å². The molecule has 1 saturated carbocycles. The van der Waals surface area contributed by atoms with E-state index in [0.717, 1.165) is 31.1 Å². The molecule has 0 aliphatic heterocycles. The summed E-state index contributed by atoms with van der Waals surface area (Å²) in [6, 6.07) is 5.40. The summed E-state index contributed by atoms with van der Waals surface area (Å²) in [5.41, 5.74) is 6.84. The number of nitrogens with two attached hydrogens (primary N) is 1. The summed E-state index contributed by atoms with van der Waals surface area (Å²) < 4.78 is 5.56. The molecule has 4 nitrogen and oxygen atoms in total. The van der Waals surface area contributed by atoms with Gasteiger partial charge in [-0.1, -0.05) is 29.3 Å². The molecule has 0 bridgehead atoms. The average molecular weight is 472 g/mol. The van der Waals surface area contributed by atoms with Gasteiger partial charge in [-0.05, 0) is 49.8 Å². The number of guanidine groups is 1. The van der Waals surface area contributed by atoms with Gasteiger partial charge in [0, 0.05) is 29.8 Å². The lowest BCUT2D eigenvalue weighted by Gasteiger charge is -2.16. The third-order valence-electron chi connectivity index (χ3n) is 3.57. The van der Waals surface area contributed by atoms with Crippen molar-refractivity contribution in [3.8, 4) is 0 Å². The topological polar surface area (TPSA) is 59.6 Å². The summed E-state index contributed by atoms with van der Waals surface area (Å²) in [4.78, 5) is 4.30. The van der Waals surface area contributed by atoms with Gasteiger partial charge in [-0.15, -0.1) is 24.0 Å². The summed E-state index contributed by atoms with van der Waals surface area (Å²) in [6.07, 6.45) is 3.52. The van der Waals surface area contributed by atoms with Crippen LogP contribution in [0.25, 0.3) is 0 Å². The molecule has 1 aromatic rings. The molecular weight excluding hydrogens is 448 g/mol. The van der Waals surface area contributed by atoms with Crippen LogP contribution in [0, 0.1) is 5.92 Å². The van der Waals surface area contributed by atoms with E-state index in [4.69, 9.17) is 33.7 Å². The second kappa shape index (κ2) is 10.6. The van der Waals surface area contributed by atoms with Crippen LogP contribution in [-0.4, -0.2) is 25.7 Å². The molecule has 7 heteroatoms. The van der Waals surface area contributed by atoms with Gasteiger partial charge in [0.15, 0.2) is 5.96 Å². The Morgan fingerprint density at radius 2 is 2.17 bits per heavy atom. The molecular formula is C16H24Cl2IN3O. The van der Waals surface area contributed by atoms with Crippen LogP contribution in [0.5, 0.6) is 0 Å². The minimum absolute atomic E-state index is 0. The summed E-state index contributed by atoms with van der Waals surface area (Å²) >= 11 is 12.1. The first-order valence-electron chi connectivity index (χ1n) is 7.65. The molecule has 1 unspecified atom stereocenters. The number of rotatable bonds is 8. The van der Waals surface area contributed by atoms with E-state index < -0.39 is 0 Å². The standard InChI is InChI=1S/C16H23Cl2N3O.HI/c1-11(14-6-5-13(17)9-15(14)18)21-16(19)20-7-2-8-22-10-12-3-4-12;/h5-6,9,11-12H,2-4,7-8,10H2,1H3,(H3,19,20,21);1H. The van der Waals surface area contributed by atoms with Crippen molar-refractivity contribution in [2.75, 3.05) is 19.8 Å². The van der Waals surface area contributed by atoms with Crippen LogP contribution in [0.1, 0.15) is 37.8 Å². The molecule has 1 fully saturated rings. The van der Waals surface area contributed by atoms with Crippen molar-refractivity contribution in [2.24, 2.45) is 16.6 Å². The van der Waals surface area contributed by atoms with Gasteiger partial charge in [0.2, 0.25) is 0 Å². The number of aliphatic imine (C=N–C) groups is 1. The Balaban J connectivity index is 0.00000264. The predicted molar refractivity (Wildman–Crippen MR) is 108 cm³/mol. The molecule has 1 atom stereocenters. The highest BCUT2D eigenvalue weighted by molar-refractivity contribution is 14.0. The summed E-state index contributed by atoms with van der Waals surface area (Å²) in [7, 11) is 0. The van der Waals surface area contributed by atoms with E-state index in [1.54, 1.807) is 6.07 Å². The zero-order valence-electron chi connectivity index (χ0n) is 13.2. The Labute approximate surface area is 165 Å². The van der Waals surface area contributed by atoms with Gasteiger partial charge in [-0.2, -0.15) is 0 Å². The molecule has 0 amide bonds. The molecule has 0 saturated heterocycles. The highest BCUT2D eigenvalue weighted by Crippen LogP contribution is 2.28. The van der Waals surface area contributed by atoms with Crippen LogP contribution in [0.3, 0.4) is 0 Å².